The molecule has 1 aromatic carbocycles. The Kier molecular flexibility index (Phi) is 3.67. The molecule has 0 saturated heterocycles. The van der Waals surface area contributed by atoms with Crippen molar-refractivity contribution in [1.82, 2.24) is 4.98 Å². The summed E-state index contributed by atoms with van der Waals surface area (Å²) in [5, 5.41) is 12.0. The van der Waals surface area contributed by atoms with Gasteiger partial charge in [-0.3, -0.25) is 0 Å². The molecule has 0 atom stereocenters. The van der Waals surface area contributed by atoms with Gasteiger partial charge in [0.25, 0.3) is 0 Å². The zero-order valence-corrected chi connectivity index (χ0v) is 9.61. The number of nitrogen functional groups attached to an aromatic ring is 1. The Labute approximate surface area is 100 Å². The molecule has 2 rings (SSSR count). The van der Waals surface area contributed by atoms with Crippen molar-refractivity contribution in [3.63, 3.8) is 0 Å². The van der Waals surface area contributed by atoms with Gasteiger partial charge in [-0.1, -0.05) is 0 Å². The van der Waals surface area contributed by atoms with Gasteiger partial charge in [0.2, 0.25) is 0 Å². The van der Waals surface area contributed by atoms with E-state index in [1.54, 1.807) is 0 Å². The molecule has 4 heteroatoms. The summed E-state index contributed by atoms with van der Waals surface area (Å²) in [6.45, 7) is 0.958. The van der Waals surface area contributed by atoms with Crippen LogP contribution in [-0.2, 0) is 0 Å². The van der Waals surface area contributed by atoms with Crippen LogP contribution in [0.5, 0.6) is 0 Å². The average Bonchev–Trinajstić information content (AvgIpc) is 2.85. The zero-order chi connectivity index (χ0) is 12.1. The molecule has 17 heavy (non-hydrogen) atoms. The molecule has 5 N–H and O–H groups in total. The van der Waals surface area contributed by atoms with E-state index in [-0.39, 0.29) is 6.61 Å². The first kappa shape index (κ1) is 11.5. The van der Waals surface area contributed by atoms with Crippen molar-refractivity contribution in [2.45, 2.75) is 6.42 Å². The van der Waals surface area contributed by atoms with E-state index < -0.39 is 0 Å². The number of hydrogen-bond acceptors (Lipinski definition) is 3. The highest BCUT2D eigenvalue weighted by molar-refractivity contribution is 5.79. The summed E-state index contributed by atoms with van der Waals surface area (Å²) in [4.78, 5) is 3.02. The van der Waals surface area contributed by atoms with Crippen LogP contribution in [0.15, 0.2) is 36.7 Å². The van der Waals surface area contributed by atoms with Crippen LogP contribution in [0.3, 0.4) is 0 Å². The van der Waals surface area contributed by atoms with Crippen LogP contribution in [0, 0.1) is 0 Å². The largest absolute Gasteiger partial charge is 0.398 e. The first-order valence-corrected chi connectivity index (χ1v) is 5.68. The van der Waals surface area contributed by atoms with Crippen molar-refractivity contribution in [3.05, 3.63) is 36.7 Å². The second-order valence-electron chi connectivity index (χ2n) is 3.91. The number of nitrogens with one attached hydrogen (secondary N) is 2. The number of H-pyrrole nitrogens is 1. The fraction of sp³-hybridized carbons (Fsp3) is 0.231. The van der Waals surface area contributed by atoms with Crippen LogP contribution >= 0.6 is 0 Å². The van der Waals surface area contributed by atoms with Gasteiger partial charge in [-0.05, 0) is 30.7 Å². The van der Waals surface area contributed by atoms with Crippen LogP contribution in [0.25, 0.3) is 11.1 Å². The van der Waals surface area contributed by atoms with Gasteiger partial charge in [0.15, 0.2) is 0 Å². The molecule has 0 fully saturated rings. The minimum Gasteiger partial charge on any atom is -0.398 e. The number of aromatic amines is 1. The lowest BCUT2D eigenvalue weighted by atomic mass is 10.1. The van der Waals surface area contributed by atoms with Crippen LogP contribution in [0.4, 0.5) is 11.4 Å². The highest BCUT2D eigenvalue weighted by atomic mass is 16.3. The molecular formula is C13H17N3O. The third-order valence-electron chi connectivity index (χ3n) is 2.63. The van der Waals surface area contributed by atoms with Gasteiger partial charge in [-0.15, -0.1) is 0 Å². The van der Waals surface area contributed by atoms with Gasteiger partial charge >= 0.3 is 0 Å². The van der Waals surface area contributed by atoms with Crippen LogP contribution in [0.2, 0.25) is 0 Å². The van der Waals surface area contributed by atoms with Crippen molar-refractivity contribution >= 4 is 11.4 Å². The number of aromatic nitrogens is 1. The summed E-state index contributed by atoms with van der Waals surface area (Å²) >= 11 is 0. The van der Waals surface area contributed by atoms with Crippen LogP contribution in [-0.4, -0.2) is 23.2 Å². The van der Waals surface area contributed by atoms with Gasteiger partial charge in [-0.2, -0.15) is 0 Å². The SMILES string of the molecule is Nc1ccc(NCCCO)cc1-c1cc[nH]c1. The Morgan fingerprint density at radius 3 is 2.88 bits per heavy atom. The lowest BCUT2D eigenvalue weighted by Crippen LogP contribution is -2.03. The molecule has 0 aliphatic rings. The Bertz CT molecular complexity index is 466. The molecule has 2 aromatic rings. The monoisotopic (exact) mass is 231 g/mol. The maximum Gasteiger partial charge on any atom is 0.0447 e. The maximum atomic E-state index is 8.73. The van der Waals surface area contributed by atoms with E-state index in [9.17, 15) is 0 Å². The molecule has 0 aliphatic heterocycles. The predicted molar refractivity (Wildman–Crippen MR) is 70.8 cm³/mol. The smallest absolute Gasteiger partial charge is 0.0447 e. The van der Waals surface area contributed by atoms with Crippen molar-refractivity contribution < 1.29 is 5.11 Å². The quantitative estimate of drug-likeness (QED) is 0.470. The van der Waals surface area contributed by atoms with Crippen molar-refractivity contribution in [1.29, 1.82) is 0 Å². The summed E-state index contributed by atoms with van der Waals surface area (Å²) in [5.41, 5.74) is 9.82. The van der Waals surface area contributed by atoms with E-state index in [0.29, 0.717) is 0 Å². The minimum atomic E-state index is 0.201. The van der Waals surface area contributed by atoms with E-state index in [4.69, 9.17) is 10.8 Å². The normalized spacial score (nSPS) is 10.4. The number of benzene rings is 1. The van der Waals surface area contributed by atoms with E-state index in [2.05, 4.69) is 10.3 Å². The van der Waals surface area contributed by atoms with Gasteiger partial charge in [-0.25, -0.2) is 0 Å². The molecule has 1 heterocycles. The van der Waals surface area contributed by atoms with Gasteiger partial charge in [0, 0.05) is 48.0 Å². The second-order valence-corrected chi connectivity index (χ2v) is 3.91. The molecular weight excluding hydrogens is 214 g/mol. The van der Waals surface area contributed by atoms with Gasteiger partial charge in [0.1, 0.15) is 0 Å². The van der Waals surface area contributed by atoms with E-state index >= 15 is 0 Å². The Morgan fingerprint density at radius 1 is 1.29 bits per heavy atom. The van der Waals surface area contributed by atoms with Crippen LogP contribution in [0.1, 0.15) is 6.42 Å². The molecule has 1 aromatic heterocycles. The summed E-state index contributed by atoms with van der Waals surface area (Å²) in [6.07, 6.45) is 4.54. The van der Waals surface area contributed by atoms with E-state index in [0.717, 1.165) is 35.5 Å². The predicted octanol–water partition coefficient (Wildman–Crippen LogP) is 2.06. The number of rotatable bonds is 5. The summed E-state index contributed by atoms with van der Waals surface area (Å²) in [6, 6.07) is 7.85. The van der Waals surface area contributed by atoms with E-state index in [1.165, 1.54) is 0 Å². The van der Waals surface area contributed by atoms with Crippen molar-refractivity contribution in [2.75, 3.05) is 24.2 Å². The molecule has 0 bridgehead atoms. The fourth-order valence-electron chi connectivity index (χ4n) is 1.72. The Hall–Kier alpha value is -1.94. The first-order valence-electron chi connectivity index (χ1n) is 5.68. The molecule has 90 valence electrons. The molecule has 0 saturated carbocycles. The van der Waals surface area contributed by atoms with Crippen molar-refractivity contribution in [3.8, 4) is 11.1 Å². The number of nitrogens with two attached hydrogens (primary N) is 1. The van der Waals surface area contributed by atoms with E-state index in [1.807, 2.05) is 36.7 Å². The number of hydrogen-bond donors (Lipinski definition) is 4. The van der Waals surface area contributed by atoms with Gasteiger partial charge in [0.05, 0.1) is 0 Å². The Morgan fingerprint density at radius 2 is 2.18 bits per heavy atom. The third-order valence-corrected chi connectivity index (χ3v) is 2.63. The summed E-state index contributed by atoms with van der Waals surface area (Å²) in [5.74, 6) is 0. The minimum absolute atomic E-state index is 0.201. The number of aliphatic hydroxyl groups is 1. The highest BCUT2D eigenvalue weighted by Crippen LogP contribution is 2.28. The topological polar surface area (TPSA) is 74.1 Å². The Balaban J connectivity index is 2.18. The molecule has 0 radical (unpaired) electrons. The molecule has 0 aliphatic carbocycles. The molecule has 0 spiro atoms. The number of anilines is 2. The zero-order valence-electron chi connectivity index (χ0n) is 9.61. The second kappa shape index (κ2) is 5.41. The third kappa shape index (κ3) is 2.79. The summed E-state index contributed by atoms with van der Waals surface area (Å²) in [7, 11) is 0. The molecule has 4 nitrogen and oxygen atoms in total. The summed E-state index contributed by atoms with van der Waals surface area (Å²) < 4.78 is 0. The van der Waals surface area contributed by atoms with Crippen molar-refractivity contribution in [2.24, 2.45) is 0 Å². The molecule has 0 amide bonds. The fourth-order valence-corrected chi connectivity index (χ4v) is 1.72. The van der Waals surface area contributed by atoms with Crippen LogP contribution < -0.4 is 11.1 Å². The average molecular weight is 231 g/mol. The molecule has 0 unspecified atom stereocenters. The lowest BCUT2D eigenvalue weighted by Gasteiger charge is -2.09. The highest BCUT2D eigenvalue weighted by Gasteiger charge is 2.04. The maximum absolute atomic E-state index is 8.73. The van der Waals surface area contributed by atoms with Gasteiger partial charge < -0.3 is 21.1 Å². The lowest BCUT2D eigenvalue weighted by molar-refractivity contribution is 0.292. The standard InChI is InChI=1S/C13H17N3O/c14-13-3-2-11(16-5-1-7-17)8-12(13)10-4-6-15-9-10/h2-4,6,8-9,15-17H,1,5,7,14H2. The first-order chi connectivity index (χ1) is 8.31. The number of aliphatic hydroxyl groups excluding tert-OH is 1.